The van der Waals surface area contributed by atoms with Gasteiger partial charge in [-0.3, -0.25) is 4.79 Å². The van der Waals surface area contributed by atoms with E-state index in [1.807, 2.05) is 0 Å². The van der Waals surface area contributed by atoms with Crippen molar-refractivity contribution in [2.75, 3.05) is 6.61 Å². The van der Waals surface area contributed by atoms with E-state index in [1.165, 1.54) is 180 Å². The molecule has 2 nitrogen and oxygen atoms in total. The molecule has 2 heteroatoms. The van der Waals surface area contributed by atoms with Crippen LogP contribution in [0.15, 0.2) is 12.2 Å². The first kappa shape index (κ1) is 38.2. The molecule has 0 radical (unpaired) electrons. The van der Waals surface area contributed by atoms with Gasteiger partial charge >= 0.3 is 5.97 Å². The van der Waals surface area contributed by atoms with Crippen LogP contribution < -0.4 is 0 Å². The lowest BCUT2D eigenvalue weighted by Gasteiger charge is -2.06. The van der Waals surface area contributed by atoms with Crippen LogP contribution in [0.5, 0.6) is 0 Å². The highest BCUT2D eigenvalue weighted by Crippen LogP contribution is 2.14. The SMILES string of the molecule is CCCCCCCC/C=C\CCCCCCCCCCCCCC(=O)OCCCCCCCCCCCCC. The summed E-state index contributed by atoms with van der Waals surface area (Å²) >= 11 is 0. The number of rotatable bonds is 33. The predicted molar refractivity (Wildman–Crippen MR) is 175 cm³/mol. The van der Waals surface area contributed by atoms with Gasteiger partial charge in [0, 0.05) is 6.42 Å². The quantitative estimate of drug-likeness (QED) is 0.0463. The minimum absolute atomic E-state index is 0.0235. The number of hydrogen-bond donors (Lipinski definition) is 0. The Bertz CT molecular complexity index is 484. The van der Waals surface area contributed by atoms with E-state index in [4.69, 9.17) is 4.74 Å². The normalized spacial score (nSPS) is 11.5. The second-order valence-electron chi connectivity index (χ2n) is 12.2. The van der Waals surface area contributed by atoms with Gasteiger partial charge in [0.15, 0.2) is 0 Å². The van der Waals surface area contributed by atoms with E-state index in [0.29, 0.717) is 13.0 Å². The van der Waals surface area contributed by atoms with Crippen molar-refractivity contribution in [3.05, 3.63) is 12.2 Å². The highest BCUT2D eigenvalue weighted by Gasteiger charge is 2.02. The van der Waals surface area contributed by atoms with Crippen LogP contribution in [-0.4, -0.2) is 12.6 Å². The Kier molecular flexibility index (Phi) is 34.5. The summed E-state index contributed by atoms with van der Waals surface area (Å²) in [6, 6.07) is 0. The molecular formula is C37H72O2. The number of allylic oxidation sites excluding steroid dienone is 2. The van der Waals surface area contributed by atoms with Crippen LogP contribution in [-0.2, 0) is 9.53 Å². The fourth-order valence-electron chi connectivity index (χ4n) is 5.43. The molecule has 0 rings (SSSR count). The fourth-order valence-corrected chi connectivity index (χ4v) is 5.43. The van der Waals surface area contributed by atoms with Crippen molar-refractivity contribution in [1.29, 1.82) is 0 Å². The second-order valence-corrected chi connectivity index (χ2v) is 12.2. The fraction of sp³-hybridized carbons (Fsp3) is 0.919. The molecule has 0 atom stereocenters. The van der Waals surface area contributed by atoms with Crippen molar-refractivity contribution in [3.63, 3.8) is 0 Å². The van der Waals surface area contributed by atoms with Gasteiger partial charge in [-0.2, -0.15) is 0 Å². The molecule has 0 amide bonds. The summed E-state index contributed by atoms with van der Waals surface area (Å²) in [5, 5.41) is 0. The van der Waals surface area contributed by atoms with Crippen molar-refractivity contribution < 1.29 is 9.53 Å². The van der Waals surface area contributed by atoms with E-state index in [1.54, 1.807) is 0 Å². The maximum Gasteiger partial charge on any atom is 0.305 e. The van der Waals surface area contributed by atoms with Gasteiger partial charge in [-0.15, -0.1) is 0 Å². The van der Waals surface area contributed by atoms with Crippen LogP contribution in [0.2, 0.25) is 0 Å². The molecular weight excluding hydrogens is 476 g/mol. The Labute approximate surface area is 246 Å². The first-order valence-corrected chi connectivity index (χ1v) is 18.1. The molecule has 0 aliphatic heterocycles. The standard InChI is InChI=1S/C37H72O2/c1-3-5-7-9-11-13-15-16-17-18-19-20-21-22-23-24-25-27-29-31-33-35-37(38)39-36-34-32-30-28-26-14-12-10-8-6-4-2/h16-17H,3-15,18-36H2,1-2H3/b17-16-. The zero-order valence-corrected chi connectivity index (χ0v) is 27.1. The lowest BCUT2D eigenvalue weighted by Crippen LogP contribution is -2.05. The maximum atomic E-state index is 11.9. The van der Waals surface area contributed by atoms with E-state index in [9.17, 15) is 4.79 Å². The Morgan fingerprint density at radius 1 is 0.410 bits per heavy atom. The summed E-state index contributed by atoms with van der Waals surface area (Å²) in [6.45, 7) is 5.19. The molecule has 0 saturated carbocycles. The molecule has 0 aliphatic carbocycles. The van der Waals surface area contributed by atoms with Gasteiger partial charge in [-0.05, 0) is 38.5 Å². The third-order valence-electron chi connectivity index (χ3n) is 8.15. The highest BCUT2D eigenvalue weighted by molar-refractivity contribution is 5.69. The summed E-state index contributed by atoms with van der Waals surface area (Å²) in [6.07, 6.45) is 45.6. The zero-order valence-electron chi connectivity index (χ0n) is 27.1. The molecule has 0 unspecified atom stereocenters. The van der Waals surface area contributed by atoms with E-state index < -0.39 is 0 Å². The van der Waals surface area contributed by atoms with Gasteiger partial charge in [0.05, 0.1) is 6.61 Å². The van der Waals surface area contributed by atoms with Crippen LogP contribution in [0.1, 0.15) is 213 Å². The molecule has 0 saturated heterocycles. The van der Waals surface area contributed by atoms with Gasteiger partial charge < -0.3 is 4.74 Å². The summed E-state index contributed by atoms with van der Waals surface area (Å²) in [4.78, 5) is 11.9. The molecule has 0 N–H and O–H groups in total. The van der Waals surface area contributed by atoms with Gasteiger partial charge in [-0.1, -0.05) is 180 Å². The molecule has 0 aliphatic rings. The Morgan fingerprint density at radius 2 is 0.718 bits per heavy atom. The van der Waals surface area contributed by atoms with Crippen LogP contribution in [0.3, 0.4) is 0 Å². The molecule has 0 aromatic carbocycles. The molecule has 0 aromatic heterocycles. The number of ether oxygens (including phenoxy) is 1. The van der Waals surface area contributed by atoms with Crippen molar-refractivity contribution in [1.82, 2.24) is 0 Å². The van der Waals surface area contributed by atoms with E-state index in [-0.39, 0.29) is 5.97 Å². The Hall–Kier alpha value is -0.790. The first-order valence-electron chi connectivity index (χ1n) is 18.1. The zero-order chi connectivity index (χ0) is 28.3. The molecule has 0 bridgehead atoms. The lowest BCUT2D eigenvalue weighted by atomic mass is 10.0. The van der Waals surface area contributed by atoms with Gasteiger partial charge in [0.2, 0.25) is 0 Å². The monoisotopic (exact) mass is 549 g/mol. The maximum absolute atomic E-state index is 11.9. The van der Waals surface area contributed by atoms with Crippen molar-refractivity contribution in [3.8, 4) is 0 Å². The highest BCUT2D eigenvalue weighted by atomic mass is 16.5. The Morgan fingerprint density at radius 3 is 1.10 bits per heavy atom. The number of carbonyl (C=O) groups is 1. The number of unbranched alkanes of at least 4 members (excludes halogenated alkanes) is 27. The van der Waals surface area contributed by atoms with Gasteiger partial charge in [-0.25, -0.2) is 0 Å². The summed E-state index contributed by atoms with van der Waals surface area (Å²) in [7, 11) is 0. The first-order chi connectivity index (χ1) is 19.3. The molecule has 39 heavy (non-hydrogen) atoms. The average Bonchev–Trinajstić information content (AvgIpc) is 2.94. The number of carbonyl (C=O) groups excluding carboxylic acids is 1. The second kappa shape index (κ2) is 35.2. The molecule has 0 fully saturated rings. The Balaban J connectivity index is 3.17. The van der Waals surface area contributed by atoms with Crippen LogP contribution in [0.4, 0.5) is 0 Å². The van der Waals surface area contributed by atoms with E-state index in [0.717, 1.165) is 12.8 Å². The molecule has 0 spiro atoms. The largest absolute Gasteiger partial charge is 0.466 e. The average molecular weight is 549 g/mol. The van der Waals surface area contributed by atoms with Gasteiger partial charge in [0.1, 0.15) is 0 Å². The van der Waals surface area contributed by atoms with Crippen LogP contribution >= 0.6 is 0 Å². The third-order valence-corrected chi connectivity index (χ3v) is 8.15. The van der Waals surface area contributed by atoms with E-state index >= 15 is 0 Å². The smallest absolute Gasteiger partial charge is 0.305 e. The molecule has 0 aromatic rings. The topological polar surface area (TPSA) is 26.3 Å². The lowest BCUT2D eigenvalue weighted by molar-refractivity contribution is -0.143. The van der Waals surface area contributed by atoms with Crippen LogP contribution in [0.25, 0.3) is 0 Å². The predicted octanol–water partition coefficient (Wildman–Crippen LogP) is 13.2. The van der Waals surface area contributed by atoms with E-state index in [2.05, 4.69) is 26.0 Å². The van der Waals surface area contributed by atoms with Crippen LogP contribution in [0, 0.1) is 0 Å². The summed E-state index contributed by atoms with van der Waals surface area (Å²) in [5.41, 5.74) is 0. The summed E-state index contributed by atoms with van der Waals surface area (Å²) in [5.74, 6) is 0.0235. The van der Waals surface area contributed by atoms with Crippen molar-refractivity contribution in [2.24, 2.45) is 0 Å². The van der Waals surface area contributed by atoms with Crippen molar-refractivity contribution >= 4 is 5.97 Å². The number of esters is 1. The number of hydrogen-bond acceptors (Lipinski definition) is 2. The molecule has 232 valence electrons. The van der Waals surface area contributed by atoms with Gasteiger partial charge in [0.25, 0.3) is 0 Å². The molecule has 0 heterocycles. The summed E-state index contributed by atoms with van der Waals surface area (Å²) < 4.78 is 5.43. The van der Waals surface area contributed by atoms with Crippen molar-refractivity contribution in [2.45, 2.75) is 213 Å². The minimum atomic E-state index is 0.0235. The minimum Gasteiger partial charge on any atom is -0.466 e. The third kappa shape index (κ3) is 35.2.